The predicted molar refractivity (Wildman–Crippen MR) is 113 cm³/mol. The van der Waals surface area contributed by atoms with Gasteiger partial charge in [-0.3, -0.25) is 9.59 Å². The Balaban J connectivity index is 2.10. The second-order valence-electron chi connectivity index (χ2n) is 7.27. The highest BCUT2D eigenvalue weighted by Crippen LogP contribution is 2.24. The van der Waals surface area contributed by atoms with Crippen LogP contribution in [0.1, 0.15) is 43.1 Å². The van der Waals surface area contributed by atoms with Gasteiger partial charge in [0.25, 0.3) is 5.91 Å². The molecule has 2 aromatic carbocycles. The third kappa shape index (κ3) is 5.55. The summed E-state index contributed by atoms with van der Waals surface area (Å²) >= 11 is 0. The molecular weight excluding hydrogens is 371 g/mol. The lowest BCUT2D eigenvalue weighted by Gasteiger charge is -2.26. The summed E-state index contributed by atoms with van der Waals surface area (Å²) in [6.45, 7) is 14.6. The Morgan fingerprint density at radius 3 is 2.41 bits per heavy atom. The minimum atomic E-state index is -1.05. The quantitative estimate of drug-likeness (QED) is 0.596. The van der Waals surface area contributed by atoms with Crippen LogP contribution in [0, 0.1) is 19.3 Å². The molecule has 0 saturated carbocycles. The average Bonchev–Trinajstić information content (AvgIpc) is 2.66. The molecule has 0 bridgehead atoms. The number of nitrogens with zero attached hydrogens (tertiary/aromatic N) is 1. The highest BCUT2D eigenvalue weighted by Gasteiger charge is 2.28. The zero-order chi connectivity index (χ0) is 21.6. The van der Waals surface area contributed by atoms with Gasteiger partial charge in [-0.05, 0) is 63.1 Å². The first-order valence-electron chi connectivity index (χ1n) is 9.33. The number of carbonyl (C=O) groups excluding carboxylic acids is 2. The van der Waals surface area contributed by atoms with E-state index in [2.05, 4.69) is 20.8 Å². The zero-order valence-corrected chi connectivity index (χ0v) is 17.0. The molecule has 7 heteroatoms. The molecule has 0 saturated heterocycles. The largest absolute Gasteiger partial charge is 0.372 e. The van der Waals surface area contributed by atoms with Crippen LogP contribution in [0.15, 0.2) is 36.4 Å². The van der Waals surface area contributed by atoms with Crippen LogP contribution in [-0.4, -0.2) is 23.9 Å². The van der Waals surface area contributed by atoms with Gasteiger partial charge in [0.1, 0.15) is 11.4 Å². The number of halogens is 1. The molecule has 2 rings (SSSR count). The van der Waals surface area contributed by atoms with E-state index in [1.54, 1.807) is 45.0 Å². The van der Waals surface area contributed by atoms with Gasteiger partial charge >= 0.3 is 0 Å². The van der Waals surface area contributed by atoms with E-state index in [9.17, 15) is 14.0 Å². The molecule has 0 atom stereocenters. The van der Waals surface area contributed by atoms with Gasteiger partial charge in [-0.15, -0.1) is 0 Å². The Morgan fingerprint density at radius 2 is 1.83 bits per heavy atom. The van der Waals surface area contributed by atoms with E-state index >= 15 is 0 Å². The number of anilines is 2. The van der Waals surface area contributed by atoms with Crippen molar-refractivity contribution in [1.82, 2.24) is 5.32 Å². The Bertz CT molecular complexity index is 964. The third-order valence-electron chi connectivity index (χ3n) is 4.35. The van der Waals surface area contributed by atoms with Crippen molar-refractivity contribution in [2.24, 2.45) is 0 Å². The van der Waals surface area contributed by atoms with Gasteiger partial charge in [0.15, 0.2) is 5.69 Å². The SMILES string of the molecule is [C-]#[N+]c1ccc(NC(=O)C(C)(C)Nc2ccc(C(=O)NCCC)c(F)c2)cc1C. The average molecular weight is 396 g/mol. The van der Waals surface area contributed by atoms with Crippen LogP contribution < -0.4 is 16.0 Å². The molecule has 3 N–H and O–H groups in total. The highest BCUT2D eigenvalue weighted by atomic mass is 19.1. The number of amides is 2. The molecule has 2 aromatic rings. The van der Waals surface area contributed by atoms with Crippen LogP contribution in [0.3, 0.4) is 0 Å². The highest BCUT2D eigenvalue weighted by molar-refractivity contribution is 6.00. The summed E-state index contributed by atoms with van der Waals surface area (Å²) in [5.74, 6) is -1.45. The number of hydrogen-bond acceptors (Lipinski definition) is 3. The third-order valence-corrected chi connectivity index (χ3v) is 4.35. The second kappa shape index (κ2) is 9.20. The maximum Gasteiger partial charge on any atom is 0.254 e. The van der Waals surface area contributed by atoms with Gasteiger partial charge in [-0.25, -0.2) is 9.24 Å². The Labute approximate surface area is 170 Å². The van der Waals surface area contributed by atoms with Crippen molar-refractivity contribution in [3.8, 4) is 0 Å². The number of hydrogen-bond donors (Lipinski definition) is 3. The first kappa shape index (κ1) is 21.9. The molecule has 152 valence electrons. The van der Waals surface area contributed by atoms with Gasteiger partial charge in [-0.2, -0.15) is 0 Å². The van der Waals surface area contributed by atoms with Crippen molar-refractivity contribution < 1.29 is 14.0 Å². The summed E-state index contributed by atoms with van der Waals surface area (Å²) in [6, 6.07) is 9.19. The van der Waals surface area contributed by atoms with E-state index in [4.69, 9.17) is 6.57 Å². The fourth-order valence-corrected chi connectivity index (χ4v) is 2.67. The molecule has 29 heavy (non-hydrogen) atoms. The van der Waals surface area contributed by atoms with Crippen LogP contribution in [0.2, 0.25) is 0 Å². The minimum Gasteiger partial charge on any atom is -0.372 e. The summed E-state index contributed by atoms with van der Waals surface area (Å²) in [5.41, 5.74) is 1.16. The van der Waals surface area contributed by atoms with Crippen molar-refractivity contribution in [2.75, 3.05) is 17.2 Å². The lowest BCUT2D eigenvalue weighted by molar-refractivity contribution is -0.119. The molecule has 2 amide bonds. The van der Waals surface area contributed by atoms with Crippen LogP contribution in [0.25, 0.3) is 4.85 Å². The molecule has 0 aromatic heterocycles. The number of nitrogens with one attached hydrogen (secondary N) is 3. The molecular formula is C22H25FN4O2. The lowest BCUT2D eigenvalue weighted by Crippen LogP contribution is -2.44. The van der Waals surface area contributed by atoms with Gasteiger partial charge in [0.2, 0.25) is 5.91 Å². The van der Waals surface area contributed by atoms with Crippen molar-refractivity contribution in [2.45, 2.75) is 39.7 Å². The van der Waals surface area contributed by atoms with E-state index in [1.807, 2.05) is 6.92 Å². The van der Waals surface area contributed by atoms with Crippen LogP contribution >= 0.6 is 0 Å². The lowest BCUT2D eigenvalue weighted by atomic mass is 10.0. The van der Waals surface area contributed by atoms with E-state index in [-0.39, 0.29) is 11.5 Å². The standard InChI is InChI=1S/C22H25FN4O2/c1-6-11-25-20(28)17-9-7-16(13-18(17)23)27-22(3,4)21(29)26-15-8-10-19(24-5)14(2)12-15/h7-10,12-13,27H,6,11H2,1-4H3,(H,25,28)(H,26,29). The van der Waals surface area contributed by atoms with Crippen molar-refractivity contribution in [1.29, 1.82) is 0 Å². The smallest absolute Gasteiger partial charge is 0.254 e. The molecule has 0 heterocycles. The first-order chi connectivity index (χ1) is 13.7. The monoisotopic (exact) mass is 396 g/mol. The number of benzene rings is 2. The molecule has 0 spiro atoms. The van der Waals surface area contributed by atoms with E-state index in [1.165, 1.54) is 12.1 Å². The van der Waals surface area contributed by atoms with E-state index < -0.39 is 17.3 Å². The molecule has 6 nitrogen and oxygen atoms in total. The van der Waals surface area contributed by atoms with Crippen LogP contribution in [0.5, 0.6) is 0 Å². The van der Waals surface area contributed by atoms with Gasteiger partial charge in [-0.1, -0.05) is 13.0 Å². The van der Waals surface area contributed by atoms with Gasteiger partial charge in [0.05, 0.1) is 12.1 Å². The Kier molecular flexibility index (Phi) is 6.94. The maximum absolute atomic E-state index is 14.3. The van der Waals surface area contributed by atoms with Crippen LogP contribution in [0.4, 0.5) is 21.5 Å². The minimum absolute atomic E-state index is 0.0402. The normalized spacial score (nSPS) is 10.8. The molecule has 0 radical (unpaired) electrons. The van der Waals surface area contributed by atoms with Crippen molar-refractivity contribution in [3.63, 3.8) is 0 Å². The summed E-state index contributed by atoms with van der Waals surface area (Å²) in [7, 11) is 0. The number of aryl methyl sites for hydroxylation is 1. The summed E-state index contributed by atoms with van der Waals surface area (Å²) in [6.07, 6.45) is 0.760. The second-order valence-corrected chi connectivity index (χ2v) is 7.27. The van der Waals surface area contributed by atoms with E-state index in [0.717, 1.165) is 12.0 Å². The summed E-state index contributed by atoms with van der Waals surface area (Å²) in [4.78, 5) is 28.0. The zero-order valence-electron chi connectivity index (χ0n) is 17.0. The molecule has 0 aliphatic heterocycles. The first-order valence-corrected chi connectivity index (χ1v) is 9.33. The fraction of sp³-hybridized carbons (Fsp3) is 0.318. The number of carbonyl (C=O) groups is 2. The molecule has 0 fully saturated rings. The molecule has 0 unspecified atom stereocenters. The Morgan fingerprint density at radius 1 is 1.14 bits per heavy atom. The summed E-state index contributed by atoms with van der Waals surface area (Å²) < 4.78 is 14.3. The summed E-state index contributed by atoms with van der Waals surface area (Å²) in [5, 5.41) is 8.43. The molecule has 0 aliphatic carbocycles. The van der Waals surface area contributed by atoms with Gasteiger partial charge in [0, 0.05) is 17.9 Å². The van der Waals surface area contributed by atoms with Crippen LogP contribution in [-0.2, 0) is 4.79 Å². The fourth-order valence-electron chi connectivity index (χ4n) is 2.67. The van der Waals surface area contributed by atoms with Crippen molar-refractivity contribution in [3.05, 3.63) is 64.8 Å². The number of rotatable bonds is 7. The van der Waals surface area contributed by atoms with Crippen molar-refractivity contribution >= 4 is 28.9 Å². The topological polar surface area (TPSA) is 74.6 Å². The maximum atomic E-state index is 14.3. The Hall–Kier alpha value is -3.40. The van der Waals surface area contributed by atoms with Gasteiger partial charge < -0.3 is 16.0 Å². The predicted octanol–water partition coefficient (Wildman–Crippen LogP) is 4.65. The molecule has 0 aliphatic rings. The van der Waals surface area contributed by atoms with E-state index in [0.29, 0.717) is 23.6 Å².